The van der Waals surface area contributed by atoms with Crippen molar-refractivity contribution < 1.29 is 28.6 Å². The van der Waals surface area contributed by atoms with Gasteiger partial charge >= 0.3 is 0 Å². The molecule has 8 nitrogen and oxygen atoms in total. The minimum atomic E-state index is -0.356. The lowest BCUT2D eigenvalue weighted by Crippen LogP contribution is -2.31. The molecule has 33 heavy (non-hydrogen) atoms. The Labute approximate surface area is 192 Å². The summed E-state index contributed by atoms with van der Waals surface area (Å²) in [4.78, 5) is 42.0. The standard InChI is InChI=1S/C25H26N2O6/c1-31-11-3-10-27-24(29)18-7-5-17(14-19(18)25(27)30)23(28)26-9-2-4-20(26)16-6-8-21-22(15-16)33-13-12-32-21/h5-8,14-15,20H,2-4,9-13H2,1H3. The number of imide groups is 1. The number of carbonyl (C=O) groups excluding carboxylic acids is 3. The lowest BCUT2D eigenvalue weighted by molar-refractivity contribution is 0.0638. The van der Waals surface area contributed by atoms with E-state index in [4.69, 9.17) is 14.2 Å². The maximum atomic E-state index is 13.4. The monoisotopic (exact) mass is 450 g/mol. The van der Waals surface area contributed by atoms with E-state index in [1.54, 1.807) is 25.3 Å². The number of methoxy groups -OCH3 is 1. The Morgan fingerprint density at radius 2 is 1.82 bits per heavy atom. The summed E-state index contributed by atoms with van der Waals surface area (Å²) in [6.07, 6.45) is 2.31. The van der Waals surface area contributed by atoms with E-state index < -0.39 is 0 Å². The molecular weight excluding hydrogens is 424 g/mol. The smallest absolute Gasteiger partial charge is 0.261 e. The summed E-state index contributed by atoms with van der Waals surface area (Å²) in [6.45, 7) is 2.43. The second kappa shape index (κ2) is 8.86. The zero-order chi connectivity index (χ0) is 22.9. The molecule has 0 aliphatic carbocycles. The van der Waals surface area contributed by atoms with Gasteiger partial charge in [-0.1, -0.05) is 6.07 Å². The summed E-state index contributed by atoms with van der Waals surface area (Å²) in [5.41, 5.74) is 2.05. The number of likely N-dealkylation sites (tertiary alicyclic amines) is 1. The van der Waals surface area contributed by atoms with Gasteiger partial charge in [0.15, 0.2) is 11.5 Å². The van der Waals surface area contributed by atoms with Crippen LogP contribution in [0, 0.1) is 0 Å². The highest BCUT2D eigenvalue weighted by Gasteiger charge is 2.37. The molecule has 0 saturated carbocycles. The second-order valence-electron chi connectivity index (χ2n) is 8.43. The van der Waals surface area contributed by atoms with Crippen LogP contribution in [0.15, 0.2) is 36.4 Å². The molecule has 0 N–H and O–H groups in total. The highest BCUT2D eigenvalue weighted by molar-refractivity contribution is 6.22. The Kier molecular flexibility index (Phi) is 5.76. The number of amides is 3. The summed E-state index contributed by atoms with van der Waals surface area (Å²) in [7, 11) is 1.58. The van der Waals surface area contributed by atoms with Gasteiger partial charge in [0.2, 0.25) is 0 Å². The van der Waals surface area contributed by atoms with Gasteiger partial charge in [0, 0.05) is 32.4 Å². The number of benzene rings is 2. The molecule has 3 heterocycles. The molecule has 1 saturated heterocycles. The van der Waals surface area contributed by atoms with E-state index in [9.17, 15) is 14.4 Å². The Balaban J connectivity index is 1.37. The summed E-state index contributed by atoms with van der Waals surface area (Å²) in [5.74, 6) is 0.602. The van der Waals surface area contributed by atoms with Crippen molar-refractivity contribution in [2.24, 2.45) is 0 Å². The molecule has 5 rings (SSSR count). The van der Waals surface area contributed by atoms with Crippen LogP contribution >= 0.6 is 0 Å². The maximum Gasteiger partial charge on any atom is 0.261 e. The summed E-state index contributed by atoms with van der Waals surface area (Å²) in [5, 5.41) is 0. The second-order valence-corrected chi connectivity index (χ2v) is 8.43. The van der Waals surface area contributed by atoms with Crippen molar-refractivity contribution in [2.75, 3.05) is 40.0 Å². The fraction of sp³-hybridized carbons (Fsp3) is 0.400. The van der Waals surface area contributed by atoms with Crippen molar-refractivity contribution in [3.63, 3.8) is 0 Å². The van der Waals surface area contributed by atoms with E-state index in [0.29, 0.717) is 61.8 Å². The highest BCUT2D eigenvalue weighted by Crippen LogP contribution is 2.39. The largest absolute Gasteiger partial charge is 0.486 e. The number of hydrogen-bond donors (Lipinski definition) is 0. The molecule has 1 atom stereocenters. The van der Waals surface area contributed by atoms with Crippen molar-refractivity contribution >= 4 is 17.7 Å². The minimum Gasteiger partial charge on any atom is -0.486 e. The van der Waals surface area contributed by atoms with Crippen LogP contribution in [0.4, 0.5) is 0 Å². The van der Waals surface area contributed by atoms with Gasteiger partial charge in [0.1, 0.15) is 13.2 Å². The van der Waals surface area contributed by atoms with Gasteiger partial charge in [-0.3, -0.25) is 19.3 Å². The number of nitrogens with zero attached hydrogens (tertiary/aromatic N) is 2. The number of hydrogen-bond acceptors (Lipinski definition) is 6. The van der Waals surface area contributed by atoms with E-state index in [2.05, 4.69) is 0 Å². The molecule has 3 amide bonds. The van der Waals surface area contributed by atoms with Gasteiger partial charge < -0.3 is 19.1 Å². The van der Waals surface area contributed by atoms with E-state index in [1.807, 2.05) is 23.1 Å². The third kappa shape index (κ3) is 3.84. The van der Waals surface area contributed by atoms with Crippen LogP contribution in [0.5, 0.6) is 11.5 Å². The normalized spacial score (nSPS) is 19.2. The number of carbonyl (C=O) groups is 3. The molecule has 8 heteroatoms. The fourth-order valence-electron chi connectivity index (χ4n) is 4.78. The third-order valence-corrected chi connectivity index (χ3v) is 6.41. The maximum absolute atomic E-state index is 13.4. The first-order valence-electron chi connectivity index (χ1n) is 11.3. The van der Waals surface area contributed by atoms with Gasteiger partial charge in [0.05, 0.1) is 17.2 Å². The average Bonchev–Trinajstić information content (AvgIpc) is 3.43. The predicted molar refractivity (Wildman–Crippen MR) is 119 cm³/mol. The Hall–Kier alpha value is -3.39. The SMILES string of the molecule is COCCCN1C(=O)c2ccc(C(=O)N3CCCC3c3ccc4c(c3)OCCO4)cc2C1=O. The van der Waals surface area contributed by atoms with Gasteiger partial charge in [-0.05, 0) is 55.2 Å². The average molecular weight is 450 g/mol. The molecule has 1 fully saturated rings. The summed E-state index contributed by atoms with van der Waals surface area (Å²) < 4.78 is 16.3. The molecular formula is C25H26N2O6. The Morgan fingerprint density at radius 3 is 2.64 bits per heavy atom. The fourth-order valence-corrected chi connectivity index (χ4v) is 4.78. The van der Waals surface area contributed by atoms with Crippen LogP contribution in [-0.4, -0.2) is 67.5 Å². The molecule has 172 valence electrons. The first-order valence-corrected chi connectivity index (χ1v) is 11.3. The number of rotatable bonds is 6. The number of ether oxygens (including phenoxy) is 3. The molecule has 2 aromatic rings. The van der Waals surface area contributed by atoms with Crippen molar-refractivity contribution in [1.29, 1.82) is 0 Å². The van der Waals surface area contributed by atoms with E-state index in [-0.39, 0.29) is 23.8 Å². The van der Waals surface area contributed by atoms with E-state index in [0.717, 1.165) is 24.2 Å². The summed E-state index contributed by atoms with van der Waals surface area (Å²) >= 11 is 0. The number of fused-ring (bicyclic) bond motifs is 2. The predicted octanol–water partition coefficient (Wildman–Crippen LogP) is 3.07. The molecule has 3 aliphatic heterocycles. The van der Waals surface area contributed by atoms with Crippen molar-refractivity contribution in [3.8, 4) is 11.5 Å². The molecule has 1 unspecified atom stereocenters. The lowest BCUT2D eigenvalue weighted by Gasteiger charge is -2.27. The molecule has 0 radical (unpaired) electrons. The van der Waals surface area contributed by atoms with E-state index in [1.165, 1.54) is 4.90 Å². The first-order chi connectivity index (χ1) is 16.1. The molecule has 2 aromatic carbocycles. The highest BCUT2D eigenvalue weighted by atomic mass is 16.6. The van der Waals surface area contributed by atoms with Crippen molar-refractivity contribution in [1.82, 2.24) is 9.80 Å². The molecule has 0 spiro atoms. The van der Waals surface area contributed by atoms with Crippen molar-refractivity contribution in [2.45, 2.75) is 25.3 Å². The molecule has 0 aromatic heterocycles. The minimum absolute atomic E-state index is 0.0792. The Bertz CT molecular complexity index is 1110. The first kappa shape index (κ1) is 21.5. The summed E-state index contributed by atoms with van der Waals surface area (Å²) in [6, 6.07) is 10.5. The molecule has 3 aliphatic rings. The van der Waals surface area contributed by atoms with Crippen LogP contribution in [0.1, 0.15) is 61.9 Å². The lowest BCUT2D eigenvalue weighted by atomic mass is 10.0. The zero-order valence-electron chi connectivity index (χ0n) is 18.5. The zero-order valence-corrected chi connectivity index (χ0v) is 18.5. The van der Waals surface area contributed by atoms with Crippen LogP contribution in [0.2, 0.25) is 0 Å². The van der Waals surface area contributed by atoms with Crippen LogP contribution in [0.3, 0.4) is 0 Å². The van der Waals surface area contributed by atoms with Gasteiger partial charge in [-0.15, -0.1) is 0 Å². The van der Waals surface area contributed by atoms with Crippen LogP contribution in [0.25, 0.3) is 0 Å². The molecule has 0 bridgehead atoms. The van der Waals surface area contributed by atoms with Gasteiger partial charge in [-0.2, -0.15) is 0 Å². The van der Waals surface area contributed by atoms with Crippen LogP contribution < -0.4 is 9.47 Å². The van der Waals surface area contributed by atoms with Gasteiger partial charge in [0.25, 0.3) is 17.7 Å². The quantitative estimate of drug-likeness (QED) is 0.497. The van der Waals surface area contributed by atoms with Gasteiger partial charge in [-0.25, -0.2) is 0 Å². The van der Waals surface area contributed by atoms with Crippen LogP contribution in [-0.2, 0) is 4.74 Å². The van der Waals surface area contributed by atoms with E-state index >= 15 is 0 Å². The topological polar surface area (TPSA) is 85.4 Å². The Morgan fingerprint density at radius 1 is 1.03 bits per heavy atom. The third-order valence-electron chi connectivity index (χ3n) is 6.41. The van der Waals surface area contributed by atoms with Crippen molar-refractivity contribution in [3.05, 3.63) is 58.7 Å².